The molecule has 2 unspecified atom stereocenters. The number of hydrogen-bond donors (Lipinski definition) is 1. The number of rotatable bonds is 6. The lowest BCUT2D eigenvalue weighted by Gasteiger charge is -2.10. The van der Waals surface area contributed by atoms with Crippen LogP contribution in [-0.4, -0.2) is 17.5 Å². The third-order valence-corrected chi connectivity index (χ3v) is 3.42. The zero-order chi connectivity index (χ0) is 8.69. The number of nitrogens with two attached hydrogens (primary N) is 1. The molecule has 2 N–H and O–H groups in total. The van der Waals surface area contributed by atoms with Gasteiger partial charge in [0.05, 0.1) is 0 Å². The van der Waals surface area contributed by atoms with Crippen molar-refractivity contribution in [1.29, 1.82) is 0 Å². The summed E-state index contributed by atoms with van der Waals surface area (Å²) in [6, 6.07) is 0.407. The van der Waals surface area contributed by atoms with Crippen molar-refractivity contribution < 1.29 is 0 Å². The Morgan fingerprint density at radius 2 is 1.82 bits per heavy atom. The molecule has 0 saturated carbocycles. The van der Waals surface area contributed by atoms with E-state index in [1.807, 2.05) is 11.8 Å². The van der Waals surface area contributed by atoms with E-state index in [9.17, 15) is 0 Å². The van der Waals surface area contributed by atoms with Crippen molar-refractivity contribution in [1.82, 2.24) is 0 Å². The average Bonchev–Trinajstić information content (AvgIpc) is 2.04. The molecule has 0 fully saturated rings. The molecule has 2 atom stereocenters. The van der Waals surface area contributed by atoms with Crippen LogP contribution < -0.4 is 5.73 Å². The Hall–Kier alpha value is 0.310. The topological polar surface area (TPSA) is 26.0 Å². The van der Waals surface area contributed by atoms with Gasteiger partial charge in [0.15, 0.2) is 0 Å². The third kappa shape index (κ3) is 6.70. The second kappa shape index (κ2) is 6.99. The van der Waals surface area contributed by atoms with Crippen molar-refractivity contribution in [2.24, 2.45) is 11.7 Å². The van der Waals surface area contributed by atoms with Gasteiger partial charge in [-0.15, -0.1) is 0 Å². The van der Waals surface area contributed by atoms with Crippen molar-refractivity contribution in [2.75, 3.05) is 11.5 Å². The smallest absolute Gasteiger partial charge is 0.0127 e. The Balaban J connectivity index is 3.13. The molecule has 0 aliphatic carbocycles. The molecule has 11 heavy (non-hydrogen) atoms. The molecule has 0 aliphatic heterocycles. The second-order valence-electron chi connectivity index (χ2n) is 3.22. The Kier molecular flexibility index (Phi) is 7.18. The lowest BCUT2D eigenvalue weighted by molar-refractivity contribution is 0.635. The van der Waals surface area contributed by atoms with Crippen LogP contribution in [0.3, 0.4) is 0 Å². The fourth-order valence-electron chi connectivity index (χ4n) is 0.656. The molecule has 0 saturated heterocycles. The highest BCUT2D eigenvalue weighted by Gasteiger charge is 2.01. The first-order valence-electron chi connectivity index (χ1n) is 4.54. The summed E-state index contributed by atoms with van der Waals surface area (Å²) in [6.07, 6.45) is 2.39. The SMILES string of the molecule is CCC(C)CSCC(N)CC. The Labute approximate surface area is 75.1 Å². The molecule has 68 valence electrons. The molecule has 0 bridgehead atoms. The molecule has 0 aliphatic rings. The zero-order valence-corrected chi connectivity index (χ0v) is 8.79. The van der Waals surface area contributed by atoms with Crippen molar-refractivity contribution in [3.8, 4) is 0 Å². The monoisotopic (exact) mass is 175 g/mol. The van der Waals surface area contributed by atoms with Gasteiger partial charge >= 0.3 is 0 Å². The van der Waals surface area contributed by atoms with Crippen LogP contribution in [0.25, 0.3) is 0 Å². The predicted octanol–water partition coefficient (Wildman–Crippen LogP) is 2.50. The first-order valence-corrected chi connectivity index (χ1v) is 5.69. The summed E-state index contributed by atoms with van der Waals surface area (Å²) in [5.41, 5.74) is 5.78. The first-order chi connectivity index (χ1) is 5.20. The van der Waals surface area contributed by atoms with Crippen molar-refractivity contribution >= 4 is 11.8 Å². The fraction of sp³-hybridized carbons (Fsp3) is 1.00. The van der Waals surface area contributed by atoms with E-state index in [0.29, 0.717) is 6.04 Å². The Morgan fingerprint density at radius 3 is 2.27 bits per heavy atom. The van der Waals surface area contributed by atoms with Crippen molar-refractivity contribution in [3.63, 3.8) is 0 Å². The maximum absolute atomic E-state index is 5.78. The van der Waals surface area contributed by atoms with Crippen LogP contribution in [-0.2, 0) is 0 Å². The van der Waals surface area contributed by atoms with Crippen LogP contribution in [0.1, 0.15) is 33.6 Å². The summed E-state index contributed by atoms with van der Waals surface area (Å²) in [4.78, 5) is 0. The summed E-state index contributed by atoms with van der Waals surface area (Å²) < 4.78 is 0. The van der Waals surface area contributed by atoms with E-state index in [-0.39, 0.29) is 0 Å². The van der Waals surface area contributed by atoms with E-state index in [1.54, 1.807) is 0 Å². The minimum atomic E-state index is 0.407. The summed E-state index contributed by atoms with van der Waals surface area (Å²) in [5, 5.41) is 0. The molecule has 1 nitrogen and oxygen atoms in total. The van der Waals surface area contributed by atoms with Gasteiger partial charge in [0.2, 0.25) is 0 Å². The molecule has 0 aromatic carbocycles. The highest BCUT2D eigenvalue weighted by Crippen LogP contribution is 2.12. The molecule has 0 amide bonds. The number of thioether (sulfide) groups is 1. The normalized spacial score (nSPS) is 16.4. The molecule has 2 heteroatoms. The van der Waals surface area contributed by atoms with Gasteiger partial charge in [-0.2, -0.15) is 11.8 Å². The van der Waals surface area contributed by atoms with Gasteiger partial charge in [-0.3, -0.25) is 0 Å². The molecule has 0 radical (unpaired) electrons. The van der Waals surface area contributed by atoms with Gasteiger partial charge in [0.25, 0.3) is 0 Å². The van der Waals surface area contributed by atoms with E-state index in [1.165, 1.54) is 12.2 Å². The minimum absolute atomic E-state index is 0.407. The van der Waals surface area contributed by atoms with Gasteiger partial charge in [0, 0.05) is 11.8 Å². The van der Waals surface area contributed by atoms with Crippen LogP contribution in [0, 0.1) is 5.92 Å². The Bertz CT molecular complexity index is 75.6. The lowest BCUT2D eigenvalue weighted by atomic mass is 10.2. The fourth-order valence-corrected chi connectivity index (χ4v) is 1.97. The van der Waals surface area contributed by atoms with Crippen LogP contribution >= 0.6 is 11.8 Å². The van der Waals surface area contributed by atoms with Gasteiger partial charge in [-0.25, -0.2) is 0 Å². The standard InChI is InChI=1S/C9H21NS/c1-4-8(3)6-11-7-9(10)5-2/h8-9H,4-7,10H2,1-3H3. The van der Waals surface area contributed by atoms with Gasteiger partial charge in [0.1, 0.15) is 0 Å². The van der Waals surface area contributed by atoms with E-state index in [0.717, 1.165) is 18.1 Å². The molecule has 0 spiro atoms. The molecule has 0 aromatic rings. The number of hydrogen-bond acceptors (Lipinski definition) is 2. The third-order valence-electron chi connectivity index (χ3n) is 1.96. The van der Waals surface area contributed by atoms with E-state index in [4.69, 9.17) is 5.73 Å². The van der Waals surface area contributed by atoms with Gasteiger partial charge < -0.3 is 5.73 Å². The maximum Gasteiger partial charge on any atom is 0.0127 e. The highest BCUT2D eigenvalue weighted by molar-refractivity contribution is 7.99. The van der Waals surface area contributed by atoms with Crippen LogP contribution in [0.15, 0.2) is 0 Å². The largest absolute Gasteiger partial charge is 0.327 e. The lowest BCUT2D eigenvalue weighted by Crippen LogP contribution is -2.21. The van der Waals surface area contributed by atoms with Crippen molar-refractivity contribution in [3.05, 3.63) is 0 Å². The quantitative estimate of drug-likeness (QED) is 0.671. The van der Waals surface area contributed by atoms with Crippen LogP contribution in [0.4, 0.5) is 0 Å². The maximum atomic E-state index is 5.78. The minimum Gasteiger partial charge on any atom is -0.327 e. The highest BCUT2D eigenvalue weighted by atomic mass is 32.2. The first kappa shape index (κ1) is 11.3. The van der Waals surface area contributed by atoms with Crippen LogP contribution in [0.5, 0.6) is 0 Å². The van der Waals surface area contributed by atoms with Crippen molar-refractivity contribution in [2.45, 2.75) is 39.7 Å². The second-order valence-corrected chi connectivity index (χ2v) is 4.29. The summed E-state index contributed by atoms with van der Waals surface area (Å²) >= 11 is 1.99. The zero-order valence-electron chi connectivity index (χ0n) is 7.97. The molecule has 0 aromatic heterocycles. The summed E-state index contributed by atoms with van der Waals surface area (Å²) in [5.74, 6) is 3.24. The van der Waals surface area contributed by atoms with E-state index in [2.05, 4.69) is 20.8 Å². The summed E-state index contributed by atoms with van der Waals surface area (Å²) in [6.45, 7) is 6.68. The van der Waals surface area contributed by atoms with Gasteiger partial charge in [-0.05, 0) is 18.1 Å². The average molecular weight is 175 g/mol. The molecular formula is C9H21NS. The Morgan fingerprint density at radius 1 is 1.18 bits per heavy atom. The molecule has 0 heterocycles. The summed E-state index contributed by atoms with van der Waals surface area (Å²) in [7, 11) is 0. The van der Waals surface area contributed by atoms with E-state index >= 15 is 0 Å². The van der Waals surface area contributed by atoms with Gasteiger partial charge in [-0.1, -0.05) is 27.2 Å². The van der Waals surface area contributed by atoms with Crippen LogP contribution in [0.2, 0.25) is 0 Å². The van der Waals surface area contributed by atoms with E-state index < -0.39 is 0 Å². The molecular weight excluding hydrogens is 154 g/mol. The molecule has 0 rings (SSSR count). The predicted molar refractivity (Wildman–Crippen MR) is 55.0 cm³/mol.